The van der Waals surface area contributed by atoms with E-state index in [1.807, 2.05) is 10.4 Å². The van der Waals surface area contributed by atoms with Gasteiger partial charge in [0, 0.05) is 31.7 Å². The van der Waals surface area contributed by atoms with Crippen molar-refractivity contribution in [2.75, 3.05) is 18.4 Å². The van der Waals surface area contributed by atoms with E-state index in [9.17, 15) is 4.79 Å². The number of fused-ring (bicyclic) bond motifs is 1. The van der Waals surface area contributed by atoms with Gasteiger partial charge in [0.15, 0.2) is 0 Å². The van der Waals surface area contributed by atoms with Crippen LogP contribution in [0.15, 0.2) is 23.7 Å². The quantitative estimate of drug-likeness (QED) is 0.916. The molecule has 2 heterocycles. The van der Waals surface area contributed by atoms with Crippen LogP contribution in [0.4, 0.5) is 5.69 Å². The highest BCUT2D eigenvalue weighted by molar-refractivity contribution is 7.16. The van der Waals surface area contributed by atoms with Gasteiger partial charge in [-0.05, 0) is 31.0 Å². The number of benzene rings is 1. The van der Waals surface area contributed by atoms with Crippen LogP contribution in [0.2, 0.25) is 0 Å². The monoisotopic (exact) mass is 275 g/mol. The third-order valence-electron chi connectivity index (χ3n) is 3.64. The number of carbonyl (C=O) groups is 1. The normalized spacial score (nSPS) is 16.8. The molecule has 3 rings (SSSR count). The van der Waals surface area contributed by atoms with Crippen LogP contribution in [0, 0.1) is 0 Å². The number of amides is 1. The molecule has 1 fully saturated rings. The van der Waals surface area contributed by atoms with Crippen LogP contribution in [0.5, 0.6) is 0 Å². The standard InChI is InChI=1S/C14H17N3OS/c1-10(18)17-6-4-11(5-7-17)16-12-2-3-14-13(8-12)15-9-19-14/h2-3,8-9,11,16H,4-7H2,1H3. The smallest absolute Gasteiger partial charge is 0.219 e. The molecule has 1 N–H and O–H groups in total. The molecule has 4 nitrogen and oxygen atoms in total. The van der Waals surface area contributed by atoms with E-state index >= 15 is 0 Å². The first-order valence-electron chi connectivity index (χ1n) is 6.58. The highest BCUT2D eigenvalue weighted by Gasteiger charge is 2.20. The van der Waals surface area contributed by atoms with Crippen LogP contribution in [0.25, 0.3) is 10.2 Å². The van der Waals surface area contributed by atoms with Crippen molar-refractivity contribution in [2.24, 2.45) is 0 Å². The minimum atomic E-state index is 0.183. The van der Waals surface area contributed by atoms with Gasteiger partial charge in [0.25, 0.3) is 0 Å². The molecule has 1 amide bonds. The number of nitrogens with one attached hydrogen (secondary N) is 1. The summed E-state index contributed by atoms with van der Waals surface area (Å²) in [6.45, 7) is 3.35. The number of hydrogen-bond donors (Lipinski definition) is 1. The van der Waals surface area contributed by atoms with Gasteiger partial charge < -0.3 is 10.2 Å². The van der Waals surface area contributed by atoms with Gasteiger partial charge in [0.05, 0.1) is 15.7 Å². The highest BCUT2D eigenvalue weighted by atomic mass is 32.1. The maximum absolute atomic E-state index is 11.3. The molecule has 1 saturated heterocycles. The lowest BCUT2D eigenvalue weighted by molar-refractivity contribution is -0.129. The van der Waals surface area contributed by atoms with Crippen molar-refractivity contribution in [1.82, 2.24) is 9.88 Å². The van der Waals surface area contributed by atoms with E-state index in [4.69, 9.17) is 0 Å². The largest absolute Gasteiger partial charge is 0.382 e. The minimum absolute atomic E-state index is 0.183. The van der Waals surface area contributed by atoms with Gasteiger partial charge in [-0.15, -0.1) is 11.3 Å². The predicted molar refractivity (Wildman–Crippen MR) is 78.5 cm³/mol. The van der Waals surface area contributed by atoms with Gasteiger partial charge in [-0.1, -0.05) is 0 Å². The van der Waals surface area contributed by atoms with Crippen molar-refractivity contribution < 1.29 is 4.79 Å². The Hall–Kier alpha value is -1.62. The van der Waals surface area contributed by atoms with E-state index < -0.39 is 0 Å². The molecule has 1 aromatic heterocycles. The number of hydrogen-bond acceptors (Lipinski definition) is 4. The average Bonchev–Trinajstić information content (AvgIpc) is 2.87. The third kappa shape index (κ3) is 2.71. The van der Waals surface area contributed by atoms with Crippen molar-refractivity contribution >= 4 is 33.1 Å². The second-order valence-electron chi connectivity index (χ2n) is 4.96. The molecule has 0 atom stereocenters. The first-order valence-corrected chi connectivity index (χ1v) is 7.45. The number of likely N-dealkylation sites (tertiary alicyclic amines) is 1. The van der Waals surface area contributed by atoms with Crippen molar-refractivity contribution in [3.05, 3.63) is 23.7 Å². The molecule has 1 aliphatic heterocycles. The first-order chi connectivity index (χ1) is 9.22. The van der Waals surface area contributed by atoms with Gasteiger partial charge in [-0.2, -0.15) is 0 Å². The summed E-state index contributed by atoms with van der Waals surface area (Å²) in [5, 5.41) is 3.55. The maximum Gasteiger partial charge on any atom is 0.219 e. The van der Waals surface area contributed by atoms with Gasteiger partial charge in [0.1, 0.15) is 0 Å². The summed E-state index contributed by atoms with van der Waals surface area (Å²) in [6, 6.07) is 6.77. The van der Waals surface area contributed by atoms with Crippen LogP contribution in [-0.4, -0.2) is 34.9 Å². The van der Waals surface area contributed by atoms with Crippen molar-refractivity contribution in [3.8, 4) is 0 Å². The summed E-state index contributed by atoms with van der Waals surface area (Å²) in [7, 11) is 0. The van der Waals surface area contributed by atoms with E-state index in [2.05, 4.69) is 28.5 Å². The fraction of sp³-hybridized carbons (Fsp3) is 0.429. The fourth-order valence-corrected chi connectivity index (χ4v) is 3.18. The maximum atomic E-state index is 11.3. The molecular weight excluding hydrogens is 258 g/mol. The number of anilines is 1. The Morgan fingerprint density at radius 2 is 2.21 bits per heavy atom. The molecular formula is C14H17N3OS. The number of thiazole rings is 1. The van der Waals surface area contributed by atoms with Gasteiger partial charge >= 0.3 is 0 Å². The Morgan fingerprint density at radius 1 is 1.42 bits per heavy atom. The Bertz CT molecular complexity index is 587. The van der Waals surface area contributed by atoms with Crippen LogP contribution >= 0.6 is 11.3 Å². The Labute approximate surface area is 116 Å². The number of nitrogens with zero attached hydrogens (tertiary/aromatic N) is 2. The zero-order valence-corrected chi connectivity index (χ0v) is 11.7. The fourth-order valence-electron chi connectivity index (χ4n) is 2.52. The third-order valence-corrected chi connectivity index (χ3v) is 4.45. The topological polar surface area (TPSA) is 45.2 Å². The number of aromatic nitrogens is 1. The van der Waals surface area contributed by atoms with E-state index in [1.165, 1.54) is 4.70 Å². The van der Waals surface area contributed by atoms with Gasteiger partial charge in [0.2, 0.25) is 5.91 Å². The Kier molecular flexibility index (Phi) is 3.38. The molecule has 19 heavy (non-hydrogen) atoms. The van der Waals surface area contributed by atoms with E-state index in [-0.39, 0.29) is 5.91 Å². The lowest BCUT2D eigenvalue weighted by Crippen LogP contribution is -2.41. The zero-order chi connectivity index (χ0) is 13.2. The molecule has 0 bridgehead atoms. The van der Waals surface area contributed by atoms with Crippen LogP contribution in [0.3, 0.4) is 0 Å². The lowest BCUT2D eigenvalue weighted by atomic mass is 10.0. The van der Waals surface area contributed by atoms with Crippen LogP contribution in [-0.2, 0) is 4.79 Å². The molecule has 2 aromatic rings. The van der Waals surface area contributed by atoms with E-state index in [0.29, 0.717) is 6.04 Å². The molecule has 0 saturated carbocycles. The molecule has 1 aromatic carbocycles. The van der Waals surface area contributed by atoms with Crippen molar-refractivity contribution in [1.29, 1.82) is 0 Å². The molecule has 5 heteroatoms. The molecule has 0 unspecified atom stereocenters. The lowest BCUT2D eigenvalue weighted by Gasteiger charge is -2.32. The summed E-state index contributed by atoms with van der Waals surface area (Å²) >= 11 is 1.66. The highest BCUT2D eigenvalue weighted by Crippen LogP contribution is 2.23. The second-order valence-corrected chi connectivity index (χ2v) is 5.85. The molecule has 100 valence electrons. The van der Waals surface area contributed by atoms with Crippen molar-refractivity contribution in [2.45, 2.75) is 25.8 Å². The number of rotatable bonds is 2. The molecule has 0 radical (unpaired) electrons. The van der Waals surface area contributed by atoms with Gasteiger partial charge in [-0.25, -0.2) is 4.98 Å². The summed E-state index contributed by atoms with van der Waals surface area (Å²) in [6.07, 6.45) is 2.02. The van der Waals surface area contributed by atoms with E-state index in [0.717, 1.165) is 37.1 Å². The zero-order valence-electron chi connectivity index (χ0n) is 10.9. The summed E-state index contributed by atoms with van der Waals surface area (Å²) in [5.74, 6) is 0.183. The Balaban J connectivity index is 1.64. The van der Waals surface area contributed by atoms with Crippen LogP contribution < -0.4 is 5.32 Å². The second kappa shape index (κ2) is 5.17. The molecule has 0 aliphatic carbocycles. The van der Waals surface area contributed by atoms with Crippen molar-refractivity contribution in [3.63, 3.8) is 0 Å². The molecule has 1 aliphatic rings. The summed E-state index contributed by atoms with van der Waals surface area (Å²) < 4.78 is 1.22. The number of piperidine rings is 1. The predicted octanol–water partition coefficient (Wildman–Crippen LogP) is 2.72. The Morgan fingerprint density at radius 3 is 2.95 bits per heavy atom. The SMILES string of the molecule is CC(=O)N1CCC(Nc2ccc3scnc3c2)CC1. The first kappa shape index (κ1) is 12.4. The average molecular weight is 275 g/mol. The van der Waals surface area contributed by atoms with E-state index in [1.54, 1.807) is 18.3 Å². The number of carbonyl (C=O) groups excluding carboxylic acids is 1. The van der Waals surface area contributed by atoms with Gasteiger partial charge in [-0.3, -0.25) is 4.79 Å². The minimum Gasteiger partial charge on any atom is -0.382 e. The summed E-state index contributed by atoms with van der Waals surface area (Å²) in [4.78, 5) is 17.5. The van der Waals surface area contributed by atoms with Crippen LogP contribution in [0.1, 0.15) is 19.8 Å². The molecule has 0 spiro atoms. The summed E-state index contributed by atoms with van der Waals surface area (Å²) in [5.41, 5.74) is 4.05.